The summed E-state index contributed by atoms with van der Waals surface area (Å²) in [6, 6.07) is 0. The first-order valence-corrected chi connectivity index (χ1v) is 5.58. The monoisotopic (exact) mass is 234 g/mol. The maximum atomic E-state index is 10.4. The van der Waals surface area contributed by atoms with Gasteiger partial charge < -0.3 is 14.5 Å². The van der Waals surface area contributed by atoms with E-state index in [1.807, 2.05) is 0 Å². The molecule has 0 bridgehead atoms. The van der Waals surface area contributed by atoms with E-state index in [9.17, 15) is 4.57 Å². The Morgan fingerprint density at radius 1 is 1.67 bits per heavy atom. The largest absolute Gasteiger partial charge is 0.482 e. The van der Waals surface area contributed by atoms with Crippen LogP contribution in [0, 0.1) is 0 Å². The van der Waals surface area contributed by atoms with Crippen molar-refractivity contribution in [1.29, 1.82) is 0 Å². The number of alkyl halides is 1. The lowest BCUT2D eigenvalue weighted by atomic mass is 10.5. The van der Waals surface area contributed by atoms with Crippen molar-refractivity contribution in [3.63, 3.8) is 0 Å². The van der Waals surface area contributed by atoms with Gasteiger partial charge in [0.05, 0.1) is 11.5 Å². The first-order valence-electron chi connectivity index (χ1n) is 2.97. The van der Waals surface area contributed by atoms with Crippen molar-refractivity contribution in [2.75, 3.05) is 12.8 Å². The van der Waals surface area contributed by atoms with E-state index in [0.29, 0.717) is 0 Å². The zero-order chi connectivity index (χ0) is 9.78. The van der Waals surface area contributed by atoms with Gasteiger partial charge in [-0.15, -0.1) is 11.6 Å². The number of rotatable bonds is 5. The third-order valence-corrected chi connectivity index (χ3v) is 2.38. The molecule has 1 unspecified atom stereocenters. The highest BCUT2D eigenvalue weighted by atomic mass is 35.5. The highest BCUT2D eigenvalue weighted by Crippen LogP contribution is 2.36. The van der Waals surface area contributed by atoms with Crippen LogP contribution in [0.25, 0.3) is 0 Å². The Labute approximate surface area is 80.3 Å². The Morgan fingerprint density at radius 2 is 2.17 bits per heavy atom. The molecule has 1 atom stereocenters. The molecular formula is C5H9Cl2O4P. The molecule has 12 heavy (non-hydrogen) atoms. The lowest BCUT2D eigenvalue weighted by Crippen LogP contribution is -2.12. The van der Waals surface area contributed by atoms with Gasteiger partial charge in [0.15, 0.2) is 5.22 Å². The first kappa shape index (κ1) is 12.3. The molecule has 4 nitrogen and oxygen atoms in total. The van der Waals surface area contributed by atoms with E-state index in [1.165, 1.54) is 0 Å². The molecule has 0 aromatic heterocycles. The summed E-state index contributed by atoms with van der Waals surface area (Å²) >= 11 is 10.7. The van der Waals surface area contributed by atoms with Crippen LogP contribution in [0.3, 0.4) is 0 Å². The molecule has 0 spiro atoms. The van der Waals surface area contributed by atoms with Gasteiger partial charge in [0.25, 0.3) is 0 Å². The van der Waals surface area contributed by atoms with Crippen LogP contribution in [0.1, 0.15) is 0 Å². The van der Waals surface area contributed by atoms with E-state index < -0.39 is 19.1 Å². The van der Waals surface area contributed by atoms with Crippen molar-refractivity contribution in [3.05, 3.63) is 11.8 Å². The quantitative estimate of drug-likeness (QED) is 0.430. The molecule has 0 radical (unpaired) electrons. The molecule has 0 heterocycles. The number of hydrogen-bond donors (Lipinski definition) is 2. The van der Waals surface area contributed by atoms with E-state index >= 15 is 0 Å². The zero-order valence-electron chi connectivity index (χ0n) is 6.11. The highest BCUT2D eigenvalue weighted by molar-refractivity contribution is 7.51. The summed E-state index contributed by atoms with van der Waals surface area (Å²) in [6.07, 6.45) is -0.432. The van der Waals surface area contributed by atoms with Gasteiger partial charge in [-0.05, 0) is 18.2 Å². The van der Waals surface area contributed by atoms with Gasteiger partial charge in [0.1, 0.15) is 6.61 Å². The third-order valence-electron chi connectivity index (χ3n) is 0.857. The van der Waals surface area contributed by atoms with Crippen LogP contribution >= 0.6 is 30.8 Å². The van der Waals surface area contributed by atoms with Gasteiger partial charge in [-0.1, -0.05) is 0 Å². The number of halogens is 2. The van der Waals surface area contributed by atoms with Crippen LogP contribution in [0.5, 0.6) is 0 Å². The second kappa shape index (κ2) is 5.10. The average Bonchev–Trinajstić information content (AvgIpc) is 1.79. The van der Waals surface area contributed by atoms with Gasteiger partial charge in [0.2, 0.25) is 0 Å². The summed E-state index contributed by atoms with van der Waals surface area (Å²) in [4.78, 5) is 16.9. The molecular weight excluding hydrogens is 226 g/mol. The van der Waals surface area contributed by atoms with E-state index in [-0.39, 0.29) is 11.8 Å². The van der Waals surface area contributed by atoms with Gasteiger partial charge in [-0.25, -0.2) is 0 Å². The summed E-state index contributed by atoms with van der Waals surface area (Å²) in [5.41, 5.74) is 0. The maximum Gasteiger partial charge on any atom is 0.327 e. The minimum absolute atomic E-state index is 0.0497. The summed E-state index contributed by atoms with van der Waals surface area (Å²) in [5.74, 6) is 0. The molecule has 0 amide bonds. The minimum atomic E-state index is -4.07. The Balaban J connectivity index is 3.67. The third kappa shape index (κ3) is 8.37. The fraction of sp³-hybridized carbons (Fsp3) is 0.600. The topological polar surface area (TPSA) is 66.8 Å². The molecule has 0 saturated heterocycles. The Kier molecular flexibility index (Phi) is 5.21. The van der Waals surface area contributed by atoms with Crippen molar-refractivity contribution in [3.8, 4) is 0 Å². The molecule has 0 saturated carbocycles. The van der Waals surface area contributed by atoms with Crippen molar-refractivity contribution in [2.45, 2.75) is 5.38 Å². The SMILES string of the molecule is C=C(Cl)OCC(Cl)CP(=O)(O)O. The lowest BCUT2D eigenvalue weighted by molar-refractivity contribution is 0.238. The smallest absolute Gasteiger partial charge is 0.327 e. The van der Waals surface area contributed by atoms with Gasteiger partial charge in [0, 0.05) is 0 Å². The van der Waals surface area contributed by atoms with Crippen LogP contribution in [-0.2, 0) is 9.30 Å². The minimum Gasteiger partial charge on any atom is -0.482 e. The predicted molar refractivity (Wildman–Crippen MR) is 47.5 cm³/mol. The van der Waals surface area contributed by atoms with E-state index in [4.69, 9.17) is 33.0 Å². The summed E-state index contributed by atoms with van der Waals surface area (Å²) in [5, 5.41) is -0.812. The fourth-order valence-electron chi connectivity index (χ4n) is 0.492. The highest BCUT2D eigenvalue weighted by Gasteiger charge is 2.20. The van der Waals surface area contributed by atoms with E-state index in [0.717, 1.165) is 0 Å². The molecule has 0 fully saturated rings. The molecule has 72 valence electrons. The average molecular weight is 235 g/mol. The van der Waals surface area contributed by atoms with Gasteiger partial charge >= 0.3 is 7.60 Å². The maximum absolute atomic E-state index is 10.4. The molecule has 0 rings (SSSR count). The van der Waals surface area contributed by atoms with Crippen molar-refractivity contribution < 1.29 is 19.1 Å². The summed E-state index contributed by atoms with van der Waals surface area (Å²) < 4.78 is 15.0. The Hall–Kier alpha value is 0.270. The molecule has 7 heteroatoms. The molecule has 0 aliphatic rings. The summed E-state index contributed by atoms with van der Waals surface area (Å²) in [6.45, 7) is 3.15. The van der Waals surface area contributed by atoms with Crippen LogP contribution in [0.4, 0.5) is 0 Å². The van der Waals surface area contributed by atoms with Crippen LogP contribution in [-0.4, -0.2) is 27.9 Å². The van der Waals surface area contributed by atoms with Crippen molar-refractivity contribution in [2.24, 2.45) is 0 Å². The fourth-order valence-corrected chi connectivity index (χ4v) is 1.78. The lowest BCUT2D eigenvalue weighted by Gasteiger charge is -2.10. The first-order chi connectivity index (χ1) is 5.31. The molecule has 0 aromatic rings. The van der Waals surface area contributed by atoms with Gasteiger partial charge in [-0.3, -0.25) is 4.57 Å². The summed E-state index contributed by atoms with van der Waals surface area (Å²) in [7, 11) is -4.07. The molecule has 0 aliphatic heterocycles. The molecule has 0 aliphatic carbocycles. The molecule has 0 aromatic carbocycles. The second-order valence-corrected chi connectivity index (χ2v) is 4.84. The van der Waals surface area contributed by atoms with Gasteiger partial charge in [-0.2, -0.15) is 0 Å². The standard InChI is InChI=1S/C5H9Cl2O4P/c1-4(6)11-2-5(7)3-12(8,9)10/h5H,1-3H2,(H2,8,9,10). The molecule has 2 N–H and O–H groups in total. The Bertz CT molecular complexity index is 202. The van der Waals surface area contributed by atoms with Crippen LogP contribution in [0.15, 0.2) is 11.8 Å². The predicted octanol–water partition coefficient (Wildman–Crippen LogP) is 1.50. The number of hydrogen-bond acceptors (Lipinski definition) is 2. The Morgan fingerprint density at radius 3 is 2.50 bits per heavy atom. The number of ether oxygens (including phenoxy) is 1. The van der Waals surface area contributed by atoms with Crippen LogP contribution in [0.2, 0.25) is 0 Å². The normalized spacial score (nSPS) is 14.0. The van der Waals surface area contributed by atoms with Crippen molar-refractivity contribution in [1.82, 2.24) is 0 Å². The van der Waals surface area contributed by atoms with Crippen molar-refractivity contribution >= 4 is 30.8 Å². The van der Waals surface area contributed by atoms with Crippen LogP contribution < -0.4 is 0 Å². The van der Waals surface area contributed by atoms with E-state index in [2.05, 4.69) is 11.3 Å². The van der Waals surface area contributed by atoms with E-state index in [1.54, 1.807) is 0 Å². The second-order valence-electron chi connectivity index (χ2n) is 2.11. The zero-order valence-corrected chi connectivity index (χ0v) is 8.52.